The minimum atomic E-state index is -0.295. The molecule has 0 aromatic carbocycles. The second-order valence-corrected chi connectivity index (χ2v) is 5.23. The number of ether oxygens (including phenoxy) is 2. The monoisotopic (exact) mass is 310 g/mol. The first-order valence-corrected chi connectivity index (χ1v) is 8.21. The first-order valence-electron chi connectivity index (χ1n) is 8.21. The molecular formula is C18H30O4. The van der Waals surface area contributed by atoms with Crippen LogP contribution in [0.15, 0.2) is 24.8 Å². The van der Waals surface area contributed by atoms with E-state index >= 15 is 0 Å². The van der Waals surface area contributed by atoms with Crippen LogP contribution in [0.1, 0.15) is 64.7 Å². The summed E-state index contributed by atoms with van der Waals surface area (Å²) >= 11 is 0. The van der Waals surface area contributed by atoms with Crippen LogP contribution in [0.4, 0.5) is 0 Å². The van der Waals surface area contributed by atoms with Crippen molar-refractivity contribution in [3.8, 4) is 0 Å². The number of allylic oxidation sites excluding steroid dienone is 1. The molecular weight excluding hydrogens is 280 g/mol. The quantitative estimate of drug-likeness (QED) is 0.272. The van der Waals surface area contributed by atoms with Crippen LogP contribution in [0.2, 0.25) is 0 Å². The van der Waals surface area contributed by atoms with Crippen molar-refractivity contribution in [2.24, 2.45) is 0 Å². The summed E-state index contributed by atoms with van der Waals surface area (Å²) in [5, 5.41) is 0. The second kappa shape index (κ2) is 15.8. The Hall–Kier alpha value is -1.58. The van der Waals surface area contributed by atoms with E-state index in [4.69, 9.17) is 9.47 Å². The zero-order valence-corrected chi connectivity index (χ0v) is 13.9. The molecule has 0 rings (SSSR count). The molecule has 0 amide bonds. The zero-order chi connectivity index (χ0) is 16.5. The van der Waals surface area contributed by atoms with E-state index in [9.17, 15) is 9.59 Å². The van der Waals surface area contributed by atoms with E-state index in [1.54, 1.807) is 6.08 Å². The van der Waals surface area contributed by atoms with Crippen LogP contribution in [-0.4, -0.2) is 25.2 Å². The number of unbranched alkanes of at least 4 members (excludes halogenated alkanes) is 6. The molecule has 0 saturated carbocycles. The molecule has 0 N–H and O–H groups in total. The summed E-state index contributed by atoms with van der Waals surface area (Å²) in [5.41, 5.74) is 0. The van der Waals surface area contributed by atoms with Gasteiger partial charge in [0.2, 0.25) is 0 Å². The largest absolute Gasteiger partial charge is 0.465 e. The van der Waals surface area contributed by atoms with Gasteiger partial charge in [-0.15, -0.1) is 6.58 Å². The summed E-state index contributed by atoms with van der Waals surface area (Å²) in [6, 6.07) is 0. The Kier molecular flexibility index (Phi) is 14.7. The van der Waals surface area contributed by atoms with Crippen LogP contribution in [0, 0.1) is 0 Å². The van der Waals surface area contributed by atoms with Gasteiger partial charge < -0.3 is 9.47 Å². The van der Waals surface area contributed by atoms with Crippen LogP contribution < -0.4 is 0 Å². The highest BCUT2D eigenvalue weighted by Gasteiger charge is 2.01. The van der Waals surface area contributed by atoms with Crippen LogP contribution in [-0.2, 0) is 19.1 Å². The van der Waals surface area contributed by atoms with E-state index in [0.29, 0.717) is 19.4 Å². The lowest BCUT2D eigenvalue weighted by Crippen LogP contribution is -2.05. The van der Waals surface area contributed by atoms with Gasteiger partial charge in [-0.3, -0.25) is 9.59 Å². The van der Waals surface area contributed by atoms with Crippen LogP contribution >= 0.6 is 0 Å². The van der Waals surface area contributed by atoms with Gasteiger partial charge in [-0.1, -0.05) is 43.9 Å². The molecule has 0 aromatic rings. The minimum Gasteiger partial charge on any atom is -0.465 e. The number of carbonyl (C=O) groups excluding carboxylic acids is 2. The smallest absolute Gasteiger partial charge is 0.305 e. The molecule has 4 nitrogen and oxygen atoms in total. The molecule has 0 spiro atoms. The maximum atomic E-state index is 11.5. The summed E-state index contributed by atoms with van der Waals surface area (Å²) in [5.74, 6) is -0.420. The van der Waals surface area contributed by atoms with E-state index < -0.39 is 0 Å². The van der Waals surface area contributed by atoms with Gasteiger partial charge in [-0.2, -0.15) is 0 Å². The van der Waals surface area contributed by atoms with Gasteiger partial charge in [-0.05, 0) is 25.7 Å². The highest BCUT2D eigenvalue weighted by atomic mass is 16.5. The number of hydrogen-bond acceptors (Lipinski definition) is 4. The molecule has 0 saturated heterocycles. The van der Waals surface area contributed by atoms with Crippen LogP contribution in [0.5, 0.6) is 0 Å². The summed E-state index contributed by atoms with van der Waals surface area (Å²) in [4.78, 5) is 22.0. The predicted octanol–water partition coefficient (Wildman–Crippen LogP) is 4.35. The third-order valence-corrected chi connectivity index (χ3v) is 3.14. The standard InChI is InChI=1S/C18H30O4/c1-3-4-5-6-7-8-9-11-14-18(20)22-16-13-10-12-15-21-17(2)19/h3,10,12H,1,4-9,11,13-16H2,2H3/b12-10+. The average Bonchev–Trinajstić information content (AvgIpc) is 2.48. The lowest BCUT2D eigenvalue weighted by molar-refractivity contribution is -0.143. The fraction of sp³-hybridized carbons (Fsp3) is 0.667. The summed E-state index contributed by atoms with van der Waals surface area (Å²) in [7, 11) is 0. The lowest BCUT2D eigenvalue weighted by atomic mass is 10.1. The topological polar surface area (TPSA) is 52.6 Å². The van der Waals surface area contributed by atoms with Crippen molar-refractivity contribution in [3.05, 3.63) is 24.8 Å². The molecule has 0 radical (unpaired) electrons. The van der Waals surface area contributed by atoms with Crippen LogP contribution in [0.25, 0.3) is 0 Å². The van der Waals surface area contributed by atoms with Gasteiger partial charge in [0.15, 0.2) is 0 Å². The van der Waals surface area contributed by atoms with Gasteiger partial charge in [0.05, 0.1) is 6.61 Å². The maximum Gasteiger partial charge on any atom is 0.305 e. The number of hydrogen-bond donors (Lipinski definition) is 0. The Morgan fingerprint density at radius 1 is 0.909 bits per heavy atom. The Balaban J connectivity index is 3.29. The molecule has 0 aliphatic carbocycles. The molecule has 4 heteroatoms. The van der Waals surface area contributed by atoms with Gasteiger partial charge in [0, 0.05) is 13.3 Å². The maximum absolute atomic E-state index is 11.5. The minimum absolute atomic E-state index is 0.125. The molecule has 0 bridgehead atoms. The SMILES string of the molecule is C=CCCCCCCCCC(=O)OCC/C=C/COC(C)=O. The second-order valence-electron chi connectivity index (χ2n) is 5.23. The summed E-state index contributed by atoms with van der Waals surface area (Å²) in [6.45, 7) is 5.74. The van der Waals surface area contributed by atoms with Crippen molar-refractivity contribution in [2.75, 3.05) is 13.2 Å². The van der Waals surface area contributed by atoms with E-state index in [1.165, 1.54) is 32.6 Å². The third-order valence-electron chi connectivity index (χ3n) is 3.14. The Labute approximate surface area is 134 Å². The van der Waals surface area contributed by atoms with E-state index in [0.717, 1.165) is 19.3 Å². The first kappa shape index (κ1) is 20.4. The average molecular weight is 310 g/mol. The van der Waals surface area contributed by atoms with Gasteiger partial charge in [0.1, 0.15) is 6.61 Å². The first-order chi connectivity index (χ1) is 10.7. The fourth-order valence-corrected chi connectivity index (χ4v) is 1.93. The highest BCUT2D eigenvalue weighted by Crippen LogP contribution is 2.09. The molecule has 0 heterocycles. The zero-order valence-electron chi connectivity index (χ0n) is 13.9. The summed E-state index contributed by atoms with van der Waals surface area (Å²) < 4.78 is 9.86. The van der Waals surface area contributed by atoms with Crippen molar-refractivity contribution in [1.82, 2.24) is 0 Å². The van der Waals surface area contributed by atoms with Crippen molar-refractivity contribution in [1.29, 1.82) is 0 Å². The van der Waals surface area contributed by atoms with Gasteiger partial charge in [0.25, 0.3) is 0 Å². The molecule has 0 aliphatic rings. The lowest BCUT2D eigenvalue weighted by Gasteiger charge is -2.03. The van der Waals surface area contributed by atoms with E-state index in [-0.39, 0.29) is 18.5 Å². The van der Waals surface area contributed by atoms with Crippen molar-refractivity contribution >= 4 is 11.9 Å². The van der Waals surface area contributed by atoms with E-state index in [1.807, 2.05) is 12.2 Å². The van der Waals surface area contributed by atoms with Crippen molar-refractivity contribution in [2.45, 2.75) is 64.7 Å². The Morgan fingerprint density at radius 2 is 1.59 bits per heavy atom. The molecule has 0 aromatic heterocycles. The molecule has 126 valence electrons. The van der Waals surface area contributed by atoms with Gasteiger partial charge in [-0.25, -0.2) is 0 Å². The highest BCUT2D eigenvalue weighted by molar-refractivity contribution is 5.69. The normalized spacial score (nSPS) is 10.6. The van der Waals surface area contributed by atoms with E-state index in [2.05, 4.69) is 6.58 Å². The molecule has 0 atom stereocenters. The molecule has 0 aliphatic heterocycles. The number of carbonyl (C=O) groups is 2. The summed E-state index contributed by atoms with van der Waals surface area (Å²) in [6.07, 6.45) is 14.7. The number of rotatable bonds is 14. The van der Waals surface area contributed by atoms with Crippen LogP contribution in [0.3, 0.4) is 0 Å². The third kappa shape index (κ3) is 16.5. The fourth-order valence-electron chi connectivity index (χ4n) is 1.93. The molecule has 22 heavy (non-hydrogen) atoms. The number of esters is 2. The molecule has 0 unspecified atom stereocenters. The van der Waals surface area contributed by atoms with Gasteiger partial charge >= 0.3 is 11.9 Å². The predicted molar refractivity (Wildman–Crippen MR) is 88.5 cm³/mol. The Bertz CT molecular complexity index is 334. The molecule has 0 fully saturated rings. The van der Waals surface area contributed by atoms with Crippen molar-refractivity contribution < 1.29 is 19.1 Å². The Morgan fingerprint density at radius 3 is 2.27 bits per heavy atom. The van der Waals surface area contributed by atoms with Crippen molar-refractivity contribution in [3.63, 3.8) is 0 Å².